The zero-order valence-electron chi connectivity index (χ0n) is 27.6. The Morgan fingerprint density at radius 2 is 1.94 bits per heavy atom. The number of nitrogens with one attached hydrogen (secondary N) is 1. The number of hydrogen-bond acceptors (Lipinski definition) is 6. The monoisotopic (exact) mass is 724 g/mol. The average molecular weight is 726 g/mol. The maximum absolute atomic E-state index is 14.4. The number of nitrogens with zero attached hydrogens (tertiary/aromatic N) is 5. The van der Waals surface area contributed by atoms with Crippen molar-refractivity contribution in [2.75, 3.05) is 11.9 Å². The van der Waals surface area contributed by atoms with Crippen molar-refractivity contribution in [2.24, 2.45) is 5.92 Å². The number of thiazole rings is 1. The van der Waals surface area contributed by atoms with E-state index in [0.29, 0.717) is 49.3 Å². The van der Waals surface area contributed by atoms with Gasteiger partial charge in [-0.3, -0.25) is 14.8 Å². The maximum Gasteiger partial charge on any atom is 0.257 e. The summed E-state index contributed by atoms with van der Waals surface area (Å²) in [5.74, 6) is 0.729. The van der Waals surface area contributed by atoms with Crippen LogP contribution in [0.25, 0.3) is 22.0 Å². The second kappa shape index (κ2) is 12.7. The van der Waals surface area contributed by atoms with Crippen molar-refractivity contribution in [3.8, 4) is 11.1 Å². The highest BCUT2D eigenvalue weighted by Crippen LogP contribution is 2.45. The van der Waals surface area contributed by atoms with E-state index in [-0.39, 0.29) is 18.0 Å². The number of anilines is 1. The molecule has 1 amide bonds. The molecule has 1 fully saturated rings. The minimum atomic E-state index is -1.74. The van der Waals surface area contributed by atoms with Crippen LogP contribution >= 0.6 is 34.5 Å². The SMILES string of the molecule is CC(C)(C)[Si](C)(C)OCC1CC(c2ccc(-c3cc(Cl)c4cn([C@@H](C(=O)Nc5nccs5)c5ncn6c5C[C@@H](F)C6)nc4c3Cl)cc2)C1. The van der Waals surface area contributed by atoms with Gasteiger partial charge in [-0.25, -0.2) is 14.4 Å². The van der Waals surface area contributed by atoms with Gasteiger partial charge in [0.25, 0.3) is 5.91 Å². The van der Waals surface area contributed by atoms with Crippen LogP contribution in [0.15, 0.2) is 54.4 Å². The molecule has 1 aliphatic carbocycles. The Morgan fingerprint density at radius 3 is 2.62 bits per heavy atom. The van der Waals surface area contributed by atoms with Gasteiger partial charge in [0.15, 0.2) is 19.5 Å². The number of fused-ring (bicyclic) bond motifs is 2. The van der Waals surface area contributed by atoms with Crippen LogP contribution in [0.1, 0.15) is 62.5 Å². The molecule has 2 atom stereocenters. The summed E-state index contributed by atoms with van der Waals surface area (Å²) >= 11 is 15.2. The molecule has 0 unspecified atom stereocenters. The summed E-state index contributed by atoms with van der Waals surface area (Å²) in [6, 6.07) is 9.37. The van der Waals surface area contributed by atoms with Crippen LogP contribution in [0, 0.1) is 5.92 Å². The van der Waals surface area contributed by atoms with E-state index in [9.17, 15) is 9.18 Å². The maximum atomic E-state index is 14.4. The lowest BCUT2D eigenvalue weighted by atomic mass is 9.72. The van der Waals surface area contributed by atoms with Gasteiger partial charge in [0.05, 0.1) is 28.6 Å². The second-order valence-corrected chi connectivity index (χ2v) is 21.1. The van der Waals surface area contributed by atoms with E-state index in [2.05, 4.69) is 73.4 Å². The summed E-state index contributed by atoms with van der Waals surface area (Å²) in [5, 5.41) is 11.6. The third-order valence-electron chi connectivity index (χ3n) is 10.3. The van der Waals surface area contributed by atoms with Gasteiger partial charge < -0.3 is 8.99 Å². The van der Waals surface area contributed by atoms with E-state index < -0.39 is 26.4 Å². The first-order valence-corrected chi connectivity index (χ1v) is 20.8. The lowest BCUT2D eigenvalue weighted by molar-refractivity contribution is -0.118. The second-order valence-electron chi connectivity index (χ2n) is 14.6. The van der Waals surface area contributed by atoms with E-state index in [4.69, 9.17) is 32.7 Å². The number of carbonyl (C=O) groups is 1. The van der Waals surface area contributed by atoms with E-state index in [1.807, 2.05) is 6.07 Å². The van der Waals surface area contributed by atoms with E-state index in [1.165, 1.54) is 21.6 Å². The molecule has 2 aromatic carbocycles. The largest absolute Gasteiger partial charge is 0.417 e. The first-order valence-electron chi connectivity index (χ1n) is 16.3. The molecule has 2 aliphatic rings. The number of hydrogen-bond donors (Lipinski definition) is 1. The summed E-state index contributed by atoms with van der Waals surface area (Å²) in [7, 11) is -1.74. The summed E-state index contributed by atoms with van der Waals surface area (Å²) in [6.45, 7) is 12.5. The quantitative estimate of drug-likeness (QED) is 0.153. The lowest BCUT2D eigenvalue weighted by Crippen LogP contribution is -2.43. The zero-order valence-corrected chi connectivity index (χ0v) is 31.0. The summed E-state index contributed by atoms with van der Waals surface area (Å²) < 4.78 is 24.1. The number of rotatable bonds is 9. The molecule has 0 saturated heterocycles. The molecule has 252 valence electrons. The van der Waals surface area contributed by atoms with Crippen LogP contribution in [0.2, 0.25) is 28.2 Å². The predicted molar refractivity (Wildman–Crippen MR) is 194 cm³/mol. The Hall–Kier alpha value is -3.09. The number of alkyl halides is 1. The van der Waals surface area contributed by atoms with Gasteiger partial charge in [0, 0.05) is 47.4 Å². The van der Waals surface area contributed by atoms with Crippen LogP contribution in [0.5, 0.6) is 0 Å². The highest BCUT2D eigenvalue weighted by atomic mass is 35.5. The molecular weight excluding hydrogens is 686 g/mol. The first kappa shape index (κ1) is 33.4. The molecule has 1 saturated carbocycles. The highest BCUT2D eigenvalue weighted by molar-refractivity contribution is 7.13. The number of amides is 1. The van der Waals surface area contributed by atoms with Crippen molar-refractivity contribution in [1.82, 2.24) is 24.3 Å². The molecule has 1 N–H and O–H groups in total. The molecule has 0 spiro atoms. The molecular formula is C35H39Cl2FN6O2SSi. The molecule has 4 heterocycles. The van der Waals surface area contributed by atoms with Gasteiger partial charge in [0.2, 0.25) is 0 Å². The Kier molecular flexibility index (Phi) is 8.81. The van der Waals surface area contributed by atoms with Crippen molar-refractivity contribution in [2.45, 2.75) is 82.8 Å². The predicted octanol–water partition coefficient (Wildman–Crippen LogP) is 9.30. The number of benzene rings is 2. The molecule has 0 bridgehead atoms. The molecule has 13 heteroatoms. The van der Waals surface area contributed by atoms with Crippen molar-refractivity contribution in [3.63, 3.8) is 0 Å². The first-order chi connectivity index (χ1) is 22.8. The van der Waals surface area contributed by atoms with Crippen LogP contribution in [-0.2, 0) is 22.2 Å². The van der Waals surface area contributed by atoms with Crippen molar-refractivity contribution >= 4 is 64.8 Å². The third-order valence-corrected chi connectivity index (χ3v) is 16.2. The molecule has 3 aromatic heterocycles. The molecule has 0 radical (unpaired) electrons. The normalized spacial score (nSPS) is 20.1. The Balaban J connectivity index is 1.13. The Bertz CT molecular complexity index is 1970. The lowest BCUT2D eigenvalue weighted by Gasteiger charge is -2.41. The fourth-order valence-corrected chi connectivity index (χ4v) is 8.60. The van der Waals surface area contributed by atoms with Gasteiger partial charge in [-0.05, 0) is 60.0 Å². The Morgan fingerprint density at radius 1 is 1.19 bits per heavy atom. The van der Waals surface area contributed by atoms with Gasteiger partial charge in [-0.1, -0.05) is 68.2 Å². The van der Waals surface area contributed by atoms with E-state index in [1.54, 1.807) is 28.7 Å². The summed E-state index contributed by atoms with van der Waals surface area (Å²) in [5.41, 5.74) is 4.57. The number of imidazole rings is 1. The molecule has 48 heavy (non-hydrogen) atoms. The number of carbonyl (C=O) groups excluding carboxylic acids is 1. The van der Waals surface area contributed by atoms with Crippen LogP contribution in [-0.4, -0.2) is 51.3 Å². The molecule has 5 aromatic rings. The van der Waals surface area contributed by atoms with Crippen molar-refractivity contribution < 1.29 is 13.6 Å². The van der Waals surface area contributed by atoms with Crippen molar-refractivity contribution in [3.05, 3.63) is 81.4 Å². The number of aromatic nitrogens is 5. The zero-order chi connectivity index (χ0) is 34.0. The van der Waals surface area contributed by atoms with Gasteiger partial charge >= 0.3 is 0 Å². The fourth-order valence-electron chi connectivity index (χ4n) is 6.43. The van der Waals surface area contributed by atoms with Crippen LogP contribution < -0.4 is 5.32 Å². The van der Waals surface area contributed by atoms with Crippen molar-refractivity contribution in [1.29, 1.82) is 0 Å². The van der Waals surface area contributed by atoms with Gasteiger partial charge in [-0.15, -0.1) is 11.3 Å². The molecule has 1 aliphatic heterocycles. The topological polar surface area (TPSA) is 86.9 Å². The smallest absolute Gasteiger partial charge is 0.257 e. The molecule has 8 nitrogen and oxygen atoms in total. The van der Waals surface area contributed by atoms with Crippen LogP contribution in [0.4, 0.5) is 9.52 Å². The fraction of sp³-hybridized carbons (Fsp3) is 0.429. The minimum absolute atomic E-state index is 0.172. The third kappa shape index (κ3) is 6.24. The standard InChI is InChI=1S/C35H39Cl2FN6O2SSi/c1-35(2,3)48(4,5)46-18-20-12-23(13-20)21-6-8-22(9-7-21)25-15-27(36)26-17-44(42-30(26)29(25)37)32(33(45)41-34-39-10-11-47-34)31-28-14-24(38)16-43(28)19-40-31/h6-11,15,17,19-20,23-24,32H,12-14,16,18H2,1-5H3,(H,39,41,45)/t20?,23?,24-,32-/m1/s1. The highest BCUT2D eigenvalue weighted by Gasteiger charge is 2.39. The van der Waals surface area contributed by atoms with E-state index >= 15 is 0 Å². The summed E-state index contributed by atoms with van der Waals surface area (Å²) in [4.78, 5) is 22.5. The summed E-state index contributed by atoms with van der Waals surface area (Å²) in [6.07, 6.45) is 6.29. The number of halogens is 3. The van der Waals surface area contributed by atoms with Gasteiger partial charge in [-0.2, -0.15) is 5.10 Å². The average Bonchev–Trinajstić information content (AvgIpc) is 3.81. The van der Waals surface area contributed by atoms with Crippen LogP contribution in [0.3, 0.4) is 0 Å². The minimum Gasteiger partial charge on any atom is -0.417 e. The molecule has 7 rings (SSSR count). The Labute approximate surface area is 294 Å². The van der Waals surface area contributed by atoms with Gasteiger partial charge in [0.1, 0.15) is 11.7 Å². The van der Waals surface area contributed by atoms with E-state index in [0.717, 1.165) is 30.6 Å².